The van der Waals surface area contributed by atoms with E-state index in [4.69, 9.17) is 4.74 Å². The lowest BCUT2D eigenvalue weighted by atomic mass is 9.75. The second-order valence-electron chi connectivity index (χ2n) is 6.66. The number of carbonyl (C=O) groups excluding carboxylic acids is 1. The van der Waals surface area contributed by atoms with Crippen LogP contribution in [0.1, 0.15) is 49.9 Å². The van der Waals surface area contributed by atoms with Gasteiger partial charge in [0.1, 0.15) is 5.75 Å². The molecule has 1 amide bonds. The van der Waals surface area contributed by atoms with E-state index in [1.807, 2.05) is 30.1 Å². The number of methoxy groups -OCH3 is 1. The van der Waals surface area contributed by atoms with E-state index in [2.05, 4.69) is 29.8 Å². The Morgan fingerprint density at radius 1 is 1.33 bits per heavy atom. The van der Waals surface area contributed by atoms with Crippen molar-refractivity contribution in [3.05, 3.63) is 28.2 Å². The van der Waals surface area contributed by atoms with E-state index in [-0.39, 0.29) is 5.91 Å². The summed E-state index contributed by atoms with van der Waals surface area (Å²) in [6.07, 6.45) is 4.50. The predicted molar refractivity (Wildman–Crippen MR) is 88.8 cm³/mol. The van der Waals surface area contributed by atoms with Crippen molar-refractivity contribution in [2.45, 2.75) is 45.6 Å². The Labute approximate surface area is 135 Å². The second kappa shape index (κ2) is 6.39. The highest BCUT2D eigenvalue weighted by Gasteiger charge is 2.31. The van der Waals surface area contributed by atoms with Gasteiger partial charge < -0.3 is 9.64 Å². The van der Waals surface area contributed by atoms with E-state index in [0.717, 1.165) is 17.3 Å². The summed E-state index contributed by atoms with van der Waals surface area (Å²) in [6.45, 7) is 4.62. The third kappa shape index (κ3) is 3.79. The standard InChI is InChI=1S/C17H24BrNO2/c1-17(2)9-7-13(8-10-17)19(3)16(20)14-6-5-12(18)11-15(14)21-4/h5-6,11,13H,7-10H2,1-4H3. The van der Waals surface area contributed by atoms with Crippen molar-refractivity contribution in [3.8, 4) is 5.75 Å². The molecule has 0 radical (unpaired) electrons. The Balaban J connectivity index is 2.13. The number of hydrogen-bond donors (Lipinski definition) is 0. The lowest BCUT2D eigenvalue weighted by molar-refractivity contribution is 0.0632. The van der Waals surface area contributed by atoms with E-state index < -0.39 is 0 Å². The van der Waals surface area contributed by atoms with Crippen LogP contribution in [0.5, 0.6) is 5.75 Å². The predicted octanol–water partition coefficient (Wildman–Crippen LogP) is 4.50. The highest BCUT2D eigenvalue weighted by Crippen LogP contribution is 2.37. The van der Waals surface area contributed by atoms with Crippen molar-refractivity contribution >= 4 is 21.8 Å². The van der Waals surface area contributed by atoms with Crippen molar-refractivity contribution in [3.63, 3.8) is 0 Å². The van der Waals surface area contributed by atoms with Gasteiger partial charge in [-0.15, -0.1) is 0 Å². The maximum atomic E-state index is 12.7. The fourth-order valence-corrected chi connectivity index (χ4v) is 3.31. The summed E-state index contributed by atoms with van der Waals surface area (Å²) in [5.41, 5.74) is 1.04. The van der Waals surface area contributed by atoms with Crippen LogP contribution in [-0.2, 0) is 0 Å². The number of carbonyl (C=O) groups is 1. The van der Waals surface area contributed by atoms with Crippen molar-refractivity contribution in [1.82, 2.24) is 4.90 Å². The summed E-state index contributed by atoms with van der Waals surface area (Å²) >= 11 is 3.41. The molecule has 0 bridgehead atoms. The first-order valence-corrected chi connectivity index (χ1v) is 8.24. The molecule has 0 heterocycles. The normalized spacial score (nSPS) is 18.3. The van der Waals surface area contributed by atoms with Crippen LogP contribution in [-0.4, -0.2) is 31.0 Å². The lowest BCUT2D eigenvalue weighted by Crippen LogP contribution is -2.41. The molecule has 1 aliphatic rings. The minimum Gasteiger partial charge on any atom is -0.496 e. The summed E-state index contributed by atoms with van der Waals surface area (Å²) < 4.78 is 6.26. The molecule has 2 rings (SSSR count). The van der Waals surface area contributed by atoms with Crippen LogP contribution in [0.4, 0.5) is 0 Å². The van der Waals surface area contributed by atoms with Crippen LogP contribution in [0.2, 0.25) is 0 Å². The van der Waals surface area contributed by atoms with Gasteiger partial charge in [-0.1, -0.05) is 29.8 Å². The number of hydrogen-bond acceptors (Lipinski definition) is 2. The third-order valence-electron chi connectivity index (χ3n) is 4.57. The van der Waals surface area contributed by atoms with Gasteiger partial charge in [-0.2, -0.15) is 0 Å². The van der Waals surface area contributed by atoms with Gasteiger partial charge in [0.25, 0.3) is 5.91 Å². The number of rotatable bonds is 3. The van der Waals surface area contributed by atoms with E-state index in [9.17, 15) is 4.79 Å². The fourth-order valence-electron chi connectivity index (χ4n) is 2.97. The zero-order valence-corrected chi connectivity index (χ0v) is 14.9. The average molecular weight is 354 g/mol. The van der Waals surface area contributed by atoms with Crippen LogP contribution in [0.3, 0.4) is 0 Å². The Morgan fingerprint density at radius 3 is 2.52 bits per heavy atom. The van der Waals surface area contributed by atoms with E-state index in [0.29, 0.717) is 22.8 Å². The highest BCUT2D eigenvalue weighted by atomic mass is 79.9. The first-order chi connectivity index (χ1) is 9.84. The largest absolute Gasteiger partial charge is 0.496 e. The molecule has 0 atom stereocenters. The van der Waals surface area contributed by atoms with Crippen molar-refractivity contribution in [1.29, 1.82) is 0 Å². The van der Waals surface area contributed by atoms with Crippen LogP contribution >= 0.6 is 15.9 Å². The Morgan fingerprint density at radius 2 is 1.95 bits per heavy atom. The molecule has 1 saturated carbocycles. The van der Waals surface area contributed by atoms with E-state index in [1.165, 1.54) is 12.8 Å². The van der Waals surface area contributed by atoms with Gasteiger partial charge >= 0.3 is 0 Å². The SMILES string of the molecule is COc1cc(Br)ccc1C(=O)N(C)C1CCC(C)(C)CC1. The van der Waals surface area contributed by atoms with Gasteiger partial charge in [-0.3, -0.25) is 4.79 Å². The second-order valence-corrected chi connectivity index (χ2v) is 7.57. The maximum Gasteiger partial charge on any atom is 0.257 e. The van der Waals surface area contributed by atoms with Crippen molar-refractivity contribution in [2.24, 2.45) is 5.41 Å². The first-order valence-electron chi connectivity index (χ1n) is 7.45. The summed E-state index contributed by atoms with van der Waals surface area (Å²) in [4.78, 5) is 14.6. The molecule has 116 valence electrons. The maximum absolute atomic E-state index is 12.7. The van der Waals surface area contributed by atoms with Crippen LogP contribution in [0.25, 0.3) is 0 Å². The molecule has 0 N–H and O–H groups in total. The molecular formula is C17H24BrNO2. The summed E-state index contributed by atoms with van der Waals surface area (Å²) in [7, 11) is 3.51. The molecule has 0 aromatic heterocycles. The number of amides is 1. The molecule has 0 unspecified atom stereocenters. The number of nitrogens with zero attached hydrogens (tertiary/aromatic N) is 1. The summed E-state index contributed by atoms with van der Waals surface area (Å²) in [5.74, 6) is 0.668. The zero-order valence-electron chi connectivity index (χ0n) is 13.3. The van der Waals surface area contributed by atoms with Crippen molar-refractivity contribution < 1.29 is 9.53 Å². The first kappa shape index (κ1) is 16.3. The number of ether oxygens (including phenoxy) is 1. The Bertz CT molecular complexity index is 518. The molecule has 1 aliphatic carbocycles. The van der Waals surface area contributed by atoms with Gasteiger partial charge in [0.2, 0.25) is 0 Å². The number of halogens is 1. The Kier molecular flexibility index (Phi) is 4.97. The van der Waals surface area contributed by atoms with E-state index in [1.54, 1.807) is 7.11 Å². The molecule has 1 fully saturated rings. The summed E-state index contributed by atoms with van der Waals surface area (Å²) in [6, 6.07) is 5.88. The van der Waals surface area contributed by atoms with Gasteiger partial charge in [0.15, 0.2) is 0 Å². The zero-order chi connectivity index (χ0) is 15.6. The molecule has 1 aromatic rings. The molecule has 21 heavy (non-hydrogen) atoms. The molecule has 1 aromatic carbocycles. The van der Waals surface area contributed by atoms with Gasteiger partial charge in [-0.05, 0) is 49.3 Å². The van der Waals surface area contributed by atoms with E-state index >= 15 is 0 Å². The van der Waals surface area contributed by atoms with Gasteiger partial charge in [0.05, 0.1) is 12.7 Å². The quantitative estimate of drug-likeness (QED) is 0.800. The van der Waals surface area contributed by atoms with Crippen LogP contribution < -0.4 is 4.74 Å². The van der Waals surface area contributed by atoms with Crippen LogP contribution in [0.15, 0.2) is 22.7 Å². The fraction of sp³-hybridized carbons (Fsp3) is 0.588. The minimum absolute atomic E-state index is 0.0454. The monoisotopic (exact) mass is 353 g/mol. The summed E-state index contributed by atoms with van der Waals surface area (Å²) in [5, 5.41) is 0. The lowest BCUT2D eigenvalue weighted by Gasteiger charge is -2.38. The molecule has 0 aliphatic heterocycles. The Hall–Kier alpha value is -1.03. The molecular weight excluding hydrogens is 330 g/mol. The van der Waals surface area contributed by atoms with Gasteiger partial charge in [0, 0.05) is 17.6 Å². The van der Waals surface area contributed by atoms with Crippen molar-refractivity contribution in [2.75, 3.05) is 14.2 Å². The highest BCUT2D eigenvalue weighted by molar-refractivity contribution is 9.10. The average Bonchev–Trinajstić information content (AvgIpc) is 2.45. The minimum atomic E-state index is 0.0454. The topological polar surface area (TPSA) is 29.5 Å². The number of benzene rings is 1. The molecule has 0 spiro atoms. The van der Waals surface area contributed by atoms with Gasteiger partial charge in [-0.25, -0.2) is 0 Å². The molecule has 3 nitrogen and oxygen atoms in total. The molecule has 0 saturated heterocycles. The smallest absolute Gasteiger partial charge is 0.257 e. The third-order valence-corrected chi connectivity index (χ3v) is 5.06. The van der Waals surface area contributed by atoms with Crippen LogP contribution in [0, 0.1) is 5.41 Å². The molecule has 4 heteroatoms.